The van der Waals surface area contributed by atoms with E-state index in [-0.39, 0.29) is 18.9 Å². The maximum atomic E-state index is 11.5. The molecule has 1 aromatic carbocycles. The first kappa shape index (κ1) is 15.0. The molecule has 2 rings (SSSR count). The Morgan fingerprint density at radius 1 is 1.52 bits per heavy atom. The first-order valence-corrected chi connectivity index (χ1v) is 7.20. The predicted octanol–water partition coefficient (Wildman–Crippen LogP) is -0.271. The second-order valence-electron chi connectivity index (χ2n) is 4.15. The molecule has 1 aliphatic rings. The lowest BCUT2D eigenvalue weighted by atomic mass is 10.3. The fraction of sp³-hybridized carbons (Fsp3) is 0.300. The molecule has 10 nitrogen and oxygen atoms in total. The number of ether oxygens (including phenoxy) is 2. The second kappa shape index (κ2) is 5.54. The third kappa shape index (κ3) is 3.58. The molecule has 0 aliphatic carbocycles. The Bertz CT molecular complexity index is 688. The highest BCUT2D eigenvalue weighted by atomic mass is 32.2. The van der Waals surface area contributed by atoms with Gasteiger partial charge in [-0.2, -0.15) is 0 Å². The van der Waals surface area contributed by atoms with Crippen LogP contribution in [0, 0.1) is 10.1 Å². The number of nitro benzene ring substituents is 1. The number of cyclic esters (lactones) is 1. The Labute approximate surface area is 119 Å². The summed E-state index contributed by atoms with van der Waals surface area (Å²) >= 11 is 0. The number of nitrogens with two attached hydrogens (primary N) is 1. The number of nitrogens with one attached hydrogen (secondary N) is 1. The maximum Gasteiger partial charge on any atom is 0.407 e. The molecule has 1 aliphatic heterocycles. The van der Waals surface area contributed by atoms with Crippen molar-refractivity contribution < 1.29 is 27.6 Å². The highest BCUT2D eigenvalue weighted by Crippen LogP contribution is 2.27. The topological polar surface area (TPSA) is 151 Å². The van der Waals surface area contributed by atoms with Gasteiger partial charge in [0.15, 0.2) is 6.10 Å². The van der Waals surface area contributed by atoms with Crippen LogP contribution in [0.25, 0.3) is 0 Å². The Morgan fingerprint density at radius 2 is 2.24 bits per heavy atom. The van der Waals surface area contributed by atoms with Crippen LogP contribution in [0.15, 0.2) is 23.1 Å². The smallest absolute Gasteiger partial charge is 0.407 e. The number of nitrogens with zero attached hydrogens (tertiary/aromatic N) is 1. The molecule has 0 radical (unpaired) electrons. The molecule has 11 heteroatoms. The van der Waals surface area contributed by atoms with Crippen molar-refractivity contribution in [1.82, 2.24) is 5.32 Å². The van der Waals surface area contributed by atoms with E-state index in [9.17, 15) is 23.3 Å². The van der Waals surface area contributed by atoms with Crippen molar-refractivity contribution in [1.29, 1.82) is 0 Å². The van der Waals surface area contributed by atoms with Gasteiger partial charge in [0.05, 0.1) is 11.5 Å². The van der Waals surface area contributed by atoms with Crippen LogP contribution in [0.4, 0.5) is 10.5 Å². The number of carbonyl (C=O) groups is 1. The summed E-state index contributed by atoms with van der Waals surface area (Å²) in [5, 5.41) is 18.1. The number of benzene rings is 1. The van der Waals surface area contributed by atoms with Crippen LogP contribution in [0.5, 0.6) is 5.75 Å². The molecule has 0 saturated carbocycles. The van der Waals surface area contributed by atoms with Gasteiger partial charge < -0.3 is 14.8 Å². The number of carbonyl (C=O) groups excluding carboxylic acids is 1. The zero-order chi connectivity index (χ0) is 15.6. The van der Waals surface area contributed by atoms with Crippen LogP contribution in [0.1, 0.15) is 0 Å². The van der Waals surface area contributed by atoms with Crippen LogP contribution in [0.3, 0.4) is 0 Å². The van der Waals surface area contributed by atoms with E-state index in [4.69, 9.17) is 14.6 Å². The first-order valence-electron chi connectivity index (χ1n) is 5.66. The summed E-state index contributed by atoms with van der Waals surface area (Å²) in [6, 6.07) is 3.02. The average molecular weight is 317 g/mol. The van der Waals surface area contributed by atoms with Gasteiger partial charge in [0, 0.05) is 12.1 Å². The van der Waals surface area contributed by atoms with Gasteiger partial charge in [-0.25, -0.2) is 18.4 Å². The Hall–Kier alpha value is -2.40. The largest absolute Gasteiger partial charge is 0.488 e. The fourth-order valence-corrected chi connectivity index (χ4v) is 2.35. The zero-order valence-corrected chi connectivity index (χ0v) is 11.3. The summed E-state index contributed by atoms with van der Waals surface area (Å²) in [4.78, 5) is 20.2. The number of primary sulfonamides is 1. The summed E-state index contributed by atoms with van der Waals surface area (Å²) in [5.74, 6) is -0.147. The third-order valence-electron chi connectivity index (χ3n) is 2.62. The lowest BCUT2D eigenvalue weighted by molar-refractivity contribution is -0.385. The van der Waals surface area contributed by atoms with Crippen molar-refractivity contribution in [2.75, 3.05) is 13.2 Å². The summed E-state index contributed by atoms with van der Waals surface area (Å²) in [6.07, 6.45) is -1.18. The third-order valence-corrected chi connectivity index (χ3v) is 3.55. The van der Waals surface area contributed by atoms with Crippen LogP contribution >= 0.6 is 0 Å². The van der Waals surface area contributed by atoms with Crippen molar-refractivity contribution >= 4 is 21.8 Å². The van der Waals surface area contributed by atoms with Crippen molar-refractivity contribution in [3.8, 4) is 5.75 Å². The van der Waals surface area contributed by atoms with Gasteiger partial charge in [0.1, 0.15) is 17.3 Å². The van der Waals surface area contributed by atoms with E-state index >= 15 is 0 Å². The molecule has 1 atom stereocenters. The van der Waals surface area contributed by atoms with E-state index in [1.807, 2.05) is 0 Å². The van der Waals surface area contributed by atoms with Crippen LogP contribution in [0.2, 0.25) is 0 Å². The second-order valence-corrected chi connectivity index (χ2v) is 5.68. The molecule has 0 aromatic heterocycles. The van der Waals surface area contributed by atoms with Gasteiger partial charge in [-0.15, -0.1) is 0 Å². The van der Waals surface area contributed by atoms with E-state index in [1.54, 1.807) is 0 Å². The van der Waals surface area contributed by atoms with E-state index in [2.05, 4.69) is 5.32 Å². The predicted molar refractivity (Wildman–Crippen MR) is 68.2 cm³/mol. The first-order chi connectivity index (χ1) is 9.77. The highest BCUT2D eigenvalue weighted by Gasteiger charge is 2.25. The van der Waals surface area contributed by atoms with Crippen LogP contribution < -0.4 is 15.2 Å². The minimum absolute atomic E-state index is 0.112. The van der Waals surface area contributed by atoms with E-state index in [0.29, 0.717) is 0 Å². The van der Waals surface area contributed by atoms with Gasteiger partial charge in [0.2, 0.25) is 10.0 Å². The zero-order valence-electron chi connectivity index (χ0n) is 10.5. The number of hydrogen-bond donors (Lipinski definition) is 2. The van der Waals surface area contributed by atoms with Crippen molar-refractivity contribution in [2.24, 2.45) is 5.14 Å². The number of amides is 1. The van der Waals surface area contributed by atoms with Gasteiger partial charge >= 0.3 is 6.09 Å². The summed E-state index contributed by atoms with van der Waals surface area (Å²) in [6.45, 7) is 0.107. The maximum absolute atomic E-state index is 11.5. The minimum Gasteiger partial charge on any atom is -0.488 e. The molecule has 3 N–H and O–H groups in total. The number of hydrogen-bond acceptors (Lipinski definition) is 7. The molecule has 1 aromatic rings. The molecule has 114 valence electrons. The quantitative estimate of drug-likeness (QED) is 0.560. The average Bonchev–Trinajstić information content (AvgIpc) is 2.81. The number of nitro groups is 1. The lowest BCUT2D eigenvalue weighted by Gasteiger charge is -2.12. The molecule has 1 unspecified atom stereocenters. The normalized spacial score (nSPS) is 18.0. The van der Waals surface area contributed by atoms with Gasteiger partial charge in [0.25, 0.3) is 5.69 Å². The Balaban J connectivity index is 2.22. The SMILES string of the molecule is NS(=O)(=O)c1cc([N+](=O)[O-])ccc1OCC1CNC(=O)O1. The van der Waals surface area contributed by atoms with Crippen LogP contribution in [-0.4, -0.2) is 38.7 Å². The van der Waals surface area contributed by atoms with E-state index in [1.165, 1.54) is 0 Å². The monoisotopic (exact) mass is 317 g/mol. The Morgan fingerprint density at radius 3 is 2.76 bits per heavy atom. The van der Waals surface area contributed by atoms with Gasteiger partial charge in [-0.05, 0) is 6.07 Å². The summed E-state index contributed by atoms with van der Waals surface area (Å²) < 4.78 is 32.9. The lowest BCUT2D eigenvalue weighted by Crippen LogP contribution is -2.23. The summed E-state index contributed by atoms with van der Waals surface area (Å²) in [5.41, 5.74) is -0.430. The van der Waals surface area contributed by atoms with Gasteiger partial charge in [-0.3, -0.25) is 10.1 Å². The Kier molecular flexibility index (Phi) is 3.95. The number of rotatable bonds is 5. The van der Waals surface area contributed by atoms with Crippen molar-refractivity contribution in [2.45, 2.75) is 11.0 Å². The molecule has 1 heterocycles. The molecule has 1 saturated heterocycles. The van der Waals surface area contributed by atoms with Crippen LogP contribution in [-0.2, 0) is 14.8 Å². The fourth-order valence-electron chi connectivity index (χ4n) is 1.66. The number of alkyl carbamates (subject to hydrolysis) is 1. The van der Waals surface area contributed by atoms with E-state index < -0.39 is 37.7 Å². The molecule has 21 heavy (non-hydrogen) atoms. The van der Waals surface area contributed by atoms with Crippen molar-refractivity contribution in [3.63, 3.8) is 0 Å². The minimum atomic E-state index is -4.20. The van der Waals surface area contributed by atoms with Gasteiger partial charge in [-0.1, -0.05) is 0 Å². The molecule has 0 spiro atoms. The highest BCUT2D eigenvalue weighted by molar-refractivity contribution is 7.89. The number of sulfonamides is 1. The number of non-ortho nitro benzene ring substituents is 1. The molecular weight excluding hydrogens is 306 g/mol. The summed E-state index contributed by atoms with van der Waals surface area (Å²) in [7, 11) is -4.20. The molecular formula is C10H11N3O7S. The molecule has 1 fully saturated rings. The van der Waals surface area contributed by atoms with E-state index in [0.717, 1.165) is 18.2 Å². The molecule has 0 bridgehead atoms. The standard InChI is InChI=1S/C10H11N3O7S/c11-21(17,18)9-3-6(13(15)16)1-2-8(9)19-5-7-4-12-10(14)20-7/h1-3,7H,4-5H2,(H,12,14)(H2,11,17,18). The molecule has 1 amide bonds. The van der Waals surface area contributed by atoms with Crippen molar-refractivity contribution in [3.05, 3.63) is 28.3 Å².